The molecule has 1 saturated carbocycles. The number of amides is 1. The summed E-state index contributed by atoms with van der Waals surface area (Å²) in [6.07, 6.45) is 10.3. The van der Waals surface area contributed by atoms with E-state index in [-0.39, 0.29) is 5.91 Å². The molecule has 1 aliphatic carbocycles. The van der Waals surface area contributed by atoms with Gasteiger partial charge in [0.25, 0.3) is 0 Å². The van der Waals surface area contributed by atoms with Gasteiger partial charge in [-0.1, -0.05) is 25.7 Å². The highest BCUT2D eigenvalue weighted by molar-refractivity contribution is 5.75. The predicted octanol–water partition coefficient (Wildman–Crippen LogP) is 2.47. The van der Waals surface area contributed by atoms with Crippen molar-refractivity contribution in [1.29, 1.82) is 0 Å². The standard InChI is InChI=1S/C18H26N6O/c1-14-8-11-24(23-14)17-12-16(21-13-22-17)19-9-10-20-18(25)7-6-15-4-2-3-5-15/h8,11-13,15H,2-7,9-10H2,1H3,(H,20,25)(H,19,21,22). The van der Waals surface area contributed by atoms with Crippen LogP contribution in [0.15, 0.2) is 24.7 Å². The van der Waals surface area contributed by atoms with Crippen LogP contribution in [0.25, 0.3) is 5.82 Å². The number of nitrogens with one attached hydrogen (secondary N) is 2. The van der Waals surface area contributed by atoms with Gasteiger partial charge in [0, 0.05) is 31.8 Å². The van der Waals surface area contributed by atoms with E-state index in [9.17, 15) is 4.79 Å². The average Bonchev–Trinajstić information content (AvgIpc) is 3.29. The van der Waals surface area contributed by atoms with E-state index in [0.29, 0.717) is 25.3 Å². The molecule has 1 aliphatic rings. The summed E-state index contributed by atoms with van der Waals surface area (Å²) in [5.41, 5.74) is 0.938. The van der Waals surface area contributed by atoms with Crippen LogP contribution in [0.3, 0.4) is 0 Å². The van der Waals surface area contributed by atoms with Crippen molar-refractivity contribution < 1.29 is 4.79 Å². The fourth-order valence-corrected chi connectivity index (χ4v) is 3.23. The van der Waals surface area contributed by atoms with Crippen LogP contribution in [-0.2, 0) is 4.79 Å². The highest BCUT2D eigenvalue weighted by Gasteiger charge is 2.15. The number of hydrogen-bond donors (Lipinski definition) is 2. The fraction of sp³-hybridized carbons (Fsp3) is 0.556. The second-order valence-corrected chi connectivity index (χ2v) is 6.63. The highest BCUT2D eigenvalue weighted by Crippen LogP contribution is 2.28. The molecule has 134 valence electrons. The lowest BCUT2D eigenvalue weighted by molar-refractivity contribution is -0.121. The Bertz CT molecular complexity index is 692. The van der Waals surface area contributed by atoms with E-state index in [1.807, 2.05) is 25.3 Å². The minimum atomic E-state index is 0.143. The van der Waals surface area contributed by atoms with E-state index in [0.717, 1.165) is 23.9 Å². The highest BCUT2D eigenvalue weighted by atomic mass is 16.1. The molecule has 2 heterocycles. The molecule has 7 nitrogen and oxygen atoms in total. The summed E-state index contributed by atoms with van der Waals surface area (Å²) in [6.45, 7) is 3.15. The van der Waals surface area contributed by atoms with E-state index in [2.05, 4.69) is 25.7 Å². The molecule has 0 spiro atoms. The summed E-state index contributed by atoms with van der Waals surface area (Å²) < 4.78 is 1.72. The lowest BCUT2D eigenvalue weighted by Crippen LogP contribution is -2.29. The van der Waals surface area contributed by atoms with Gasteiger partial charge >= 0.3 is 0 Å². The summed E-state index contributed by atoms with van der Waals surface area (Å²) in [4.78, 5) is 20.3. The van der Waals surface area contributed by atoms with E-state index in [4.69, 9.17) is 0 Å². The summed E-state index contributed by atoms with van der Waals surface area (Å²) in [5, 5.41) is 10.5. The van der Waals surface area contributed by atoms with Crippen molar-refractivity contribution in [2.45, 2.75) is 45.4 Å². The number of hydrogen-bond acceptors (Lipinski definition) is 5. The maximum Gasteiger partial charge on any atom is 0.220 e. The van der Waals surface area contributed by atoms with Gasteiger partial charge in [0.2, 0.25) is 5.91 Å². The summed E-state index contributed by atoms with van der Waals surface area (Å²) >= 11 is 0. The Labute approximate surface area is 148 Å². The first-order valence-corrected chi connectivity index (χ1v) is 9.06. The van der Waals surface area contributed by atoms with E-state index in [1.165, 1.54) is 32.0 Å². The number of carbonyl (C=O) groups is 1. The molecule has 2 aromatic rings. The van der Waals surface area contributed by atoms with Gasteiger partial charge in [-0.25, -0.2) is 14.6 Å². The normalized spacial score (nSPS) is 14.6. The molecule has 3 rings (SSSR count). The van der Waals surface area contributed by atoms with Crippen LogP contribution in [0.1, 0.15) is 44.2 Å². The number of carbonyl (C=O) groups excluding carboxylic acids is 1. The first kappa shape index (κ1) is 17.4. The number of aryl methyl sites for hydroxylation is 1. The first-order chi connectivity index (χ1) is 12.2. The molecule has 0 aliphatic heterocycles. The van der Waals surface area contributed by atoms with Crippen LogP contribution in [-0.4, -0.2) is 38.7 Å². The van der Waals surface area contributed by atoms with Crippen LogP contribution in [0.5, 0.6) is 0 Å². The molecule has 0 saturated heterocycles. The molecule has 2 N–H and O–H groups in total. The lowest BCUT2D eigenvalue weighted by atomic mass is 10.0. The molecule has 0 atom stereocenters. The van der Waals surface area contributed by atoms with Gasteiger partial charge in [-0.15, -0.1) is 0 Å². The number of nitrogens with zero attached hydrogens (tertiary/aromatic N) is 4. The SMILES string of the molecule is Cc1ccn(-c2cc(NCCNC(=O)CCC3CCCC3)ncn2)n1. The molecular formula is C18H26N6O. The van der Waals surface area contributed by atoms with Gasteiger partial charge in [0.15, 0.2) is 5.82 Å². The Morgan fingerprint density at radius 3 is 2.88 bits per heavy atom. The minimum Gasteiger partial charge on any atom is -0.368 e. The Balaban J connectivity index is 1.38. The zero-order valence-corrected chi connectivity index (χ0v) is 14.7. The van der Waals surface area contributed by atoms with Gasteiger partial charge in [0.05, 0.1) is 5.69 Å². The number of aromatic nitrogens is 4. The maximum absolute atomic E-state index is 11.9. The second kappa shape index (κ2) is 8.60. The third kappa shape index (κ3) is 5.27. The molecule has 0 aromatic carbocycles. The maximum atomic E-state index is 11.9. The molecule has 7 heteroatoms. The predicted molar refractivity (Wildman–Crippen MR) is 96.6 cm³/mol. The van der Waals surface area contributed by atoms with Crippen molar-refractivity contribution >= 4 is 11.7 Å². The van der Waals surface area contributed by atoms with Crippen molar-refractivity contribution in [3.63, 3.8) is 0 Å². The molecule has 1 fully saturated rings. The van der Waals surface area contributed by atoms with Crippen LogP contribution < -0.4 is 10.6 Å². The summed E-state index contributed by atoms with van der Waals surface area (Å²) in [6, 6.07) is 3.77. The fourth-order valence-electron chi connectivity index (χ4n) is 3.23. The van der Waals surface area contributed by atoms with Crippen molar-refractivity contribution in [2.24, 2.45) is 5.92 Å². The van der Waals surface area contributed by atoms with Gasteiger partial charge in [-0.05, 0) is 25.3 Å². The molecule has 0 radical (unpaired) electrons. The second-order valence-electron chi connectivity index (χ2n) is 6.63. The molecule has 0 unspecified atom stereocenters. The Kier molecular flexibility index (Phi) is 5.98. The Morgan fingerprint density at radius 1 is 1.28 bits per heavy atom. The topological polar surface area (TPSA) is 84.7 Å². The average molecular weight is 342 g/mol. The summed E-state index contributed by atoms with van der Waals surface area (Å²) in [7, 11) is 0. The molecule has 1 amide bonds. The third-order valence-corrected chi connectivity index (χ3v) is 4.62. The molecule has 25 heavy (non-hydrogen) atoms. The van der Waals surface area contributed by atoms with Gasteiger partial charge < -0.3 is 10.6 Å². The van der Waals surface area contributed by atoms with E-state index < -0.39 is 0 Å². The summed E-state index contributed by atoms with van der Waals surface area (Å²) in [5.74, 6) is 2.34. The van der Waals surface area contributed by atoms with Crippen molar-refractivity contribution in [1.82, 2.24) is 25.1 Å². The van der Waals surface area contributed by atoms with Crippen LogP contribution in [0.4, 0.5) is 5.82 Å². The van der Waals surface area contributed by atoms with Crippen molar-refractivity contribution in [3.05, 3.63) is 30.4 Å². The van der Waals surface area contributed by atoms with Gasteiger partial charge in [-0.2, -0.15) is 5.10 Å². The van der Waals surface area contributed by atoms with Gasteiger partial charge in [-0.3, -0.25) is 4.79 Å². The lowest BCUT2D eigenvalue weighted by Gasteiger charge is -2.10. The zero-order valence-electron chi connectivity index (χ0n) is 14.7. The Morgan fingerprint density at radius 2 is 2.12 bits per heavy atom. The number of anilines is 1. The van der Waals surface area contributed by atoms with Crippen molar-refractivity contribution in [3.8, 4) is 5.82 Å². The Hall–Kier alpha value is -2.44. The monoisotopic (exact) mass is 342 g/mol. The van der Waals surface area contributed by atoms with Crippen LogP contribution >= 0.6 is 0 Å². The van der Waals surface area contributed by atoms with E-state index in [1.54, 1.807) is 4.68 Å². The molecule has 0 bridgehead atoms. The first-order valence-electron chi connectivity index (χ1n) is 9.06. The molecular weight excluding hydrogens is 316 g/mol. The van der Waals surface area contributed by atoms with Crippen molar-refractivity contribution in [2.75, 3.05) is 18.4 Å². The zero-order chi connectivity index (χ0) is 17.5. The smallest absolute Gasteiger partial charge is 0.220 e. The van der Waals surface area contributed by atoms with E-state index >= 15 is 0 Å². The quantitative estimate of drug-likeness (QED) is 0.720. The largest absolute Gasteiger partial charge is 0.368 e. The van der Waals surface area contributed by atoms with Gasteiger partial charge in [0.1, 0.15) is 12.1 Å². The molecule has 2 aromatic heterocycles. The third-order valence-electron chi connectivity index (χ3n) is 4.62. The number of rotatable bonds is 8. The van der Waals surface area contributed by atoms with Crippen LogP contribution in [0, 0.1) is 12.8 Å². The minimum absolute atomic E-state index is 0.143. The van der Waals surface area contributed by atoms with Crippen LogP contribution in [0.2, 0.25) is 0 Å².